The summed E-state index contributed by atoms with van der Waals surface area (Å²) in [5.74, 6) is -2.30. The van der Waals surface area contributed by atoms with Crippen molar-refractivity contribution < 1.29 is 23.9 Å². The number of carbonyl (C=O) groups excluding carboxylic acids is 2. The van der Waals surface area contributed by atoms with Crippen molar-refractivity contribution in [1.29, 1.82) is 0 Å². The van der Waals surface area contributed by atoms with Crippen molar-refractivity contribution in [3.8, 4) is 0 Å². The minimum Gasteiger partial charge on any atom is -0.468 e. The molecule has 7 nitrogen and oxygen atoms in total. The quantitative estimate of drug-likeness (QED) is 0.722. The summed E-state index contributed by atoms with van der Waals surface area (Å²) >= 11 is 0. The lowest BCUT2D eigenvalue weighted by Gasteiger charge is -2.14. The van der Waals surface area contributed by atoms with E-state index in [9.17, 15) is 9.59 Å². The van der Waals surface area contributed by atoms with Crippen LogP contribution in [0.2, 0.25) is 0 Å². The molecule has 0 fully saturated rings. The first kappa shape index (κ1) is 13.0. The zero-order valence-corrected chi connectivity index (χ0v) is 10.4. The van der Waals surface area contributed by atoms with E-state index in [1.54, 1.807) is 24.4 Å². The molecule has 0 aromatic carbocycles. The van der Waals surface area contributed by atoms with Crippen LogP contribution < -0.4 is 0 Å². The maximum atomic E-state index is 11.8. The summed E-state index contributed by atoms with van der Waals surface area (Å²) in [4.78, 5) is 32.4. The van der Waals surface area contributed by atoms with Crippen molar-refractivity contribution in [3.05, 3.63) is 30.1 Å². The highest BCUT2D eigenvalue weighted by Gasteiger charge is 2.47. The summed E-state index contributed by atoms with van der Waals surface area (Å²) in [5.41, 5.74) is 0.701. The molecule has 1 aliphatic rings. The maximum Gasteiger partial charge on any atom is 0.351 e. The summed E-state index contributed by atoms with van der Waals surface area (Å²) < 4.78 is 9.25. The second-order valence-electron chi connectivity index (χ2n) is 3.74. The molecule has 1 aliphatic heterocycles. The number of aromatic nitrogens is 1. The van der Waals surface area contributed by atoms with E-state index in [0.717, 1.165) is 0 Å². The molecule has 2 rings (SSSR count). The van der Waals surface area contributed by atoms with E-state index < -0.39 is 24.0 Å². The number of hydrogen-bond donors (Lipinski definition) is 0. The molecule has 0 aliphatic carbocycles. The lowest BCUT2D eigenvalue weighted by atomic mass is 9.95. The molecule has 7 heteroatoms. The van der Waals surface area contributed by atoms with E-state index in [1.807, 2.05) is 0 Å². The molecule has 0 bridgehead atoms. The van der Waals surface area contributed by atoms with Gasteiger partial charge >= 0.3 is 11.9 Å². The molecular formula is C12H12N2O5. The molecular weight excluding hydrogens is 252 g/mol. The van der Waals surface area contributed by atoms with E-state index in [1.165, 1.54) is 14.2 Å². The van der Waals surface area contributed by atoms with Gasteiger partial charge in [-0.1, -0.05) is 11.2 Å². The third-order valence-electron chi connectivity index (χ3n) is 2.68. The SMILES string of the molecule is COC(=O)C1ON=C(c2ccccn2)C1C(=O)OC. The zero-order chi connectivity index (χ0) is 13.8. The van der Waals surface area contributed by atoms with Crippen LogP contribution >= 0.6 is 0 Å². The Kier molecular flexibility index (Phi) is 3.74. The van der Waals surface area contributed by atoms with E-state index in [-0.39, 0.29) is 5.71 Å². The number of rotatable bonds is 3. The molecule has 2 heterocycles. The predicted molar refractivity (Wildman–Crippen MR) is 63.2 cm³/mol. The highest BCUT2D eigenvalue weighted by molar-refractivity contribution is 6.14. The van der Waals surface area contributed by atoms with Gasteiger partial charge in [-0.2, -0.15) is 0 Å². The molecule has 2 atom stereocenters. The van der Waals surface area contributed by atoms with Gasteiger partial charge < -0.3 is 14.3 Å². The Bertz CT molecular complexity index is 514. The molecule has 1 aromatic rings. The third kappa shape index (κ3) is 2.40. The Balaban J connectivity index is 2.34. The van der Waals surface area contributed by atoms with Gasteiger partial charge in [0, 0.05) is 6.20 Å². The van der Waals surface area contributed by atoms with Gasteiger partial charge in [0.1, 0.15) is 5.71 Å². The monoisotopic (exact) mass is 264 g/mol. The van der Waals surface area contributed by atoms with Crippen molar-refractivity contribution >= 4 is 17.7 Å². The number of methoxy groups -OCH3 is 2. The van der Waals surface area contributed by atoms with Gasteiger partial charge in [-0.15, -0.1) is 0 Å². The van der Waals surface area contributed by atoms with Gasteiger partial charge in [-0.25, -0.2) is 4.79 Å². The Morgan fingerprint density at radius 1 is 1.21 bits per heavy atom. The van der Waals surface area contributed by atoms with Gasteiger partial charge in [-0.05, 0) is 12.1 Å². The summed E-state index contributed by atoms with van der Waals surface area (Å²) in [7, 11) is 2.43. The number of ether oxygens (including phenoxy) is 2. The third-order valence-corrected chi connectivity index (χ3v) is 2.68. The molecule has 0 radical (unpaired) electrons. The van der Waals surface area contributed by atoms with Crippen molar-refractivity contribution in [3.63, 3.8) is 0 Å². The van der Waals surface area contributed by atoms with Gasteiger partial charge in [0.05, 0.1) is 19.9 Å². The van der Waals surface area contributed by atoms with Crippen LogP contribution in [0, 0.1) is 5.92 Å². The van der Waals surface area contributed by atoms with Gasteiger partial charge in [0.25, 0.3) is 0 Å². The average molecular weight is 264 g/mol. The first-order valence-corrected chi connectivity index (χ1v) is 5.49. The number of hydrogen-bond acceptors (Lipinski definition) is 7. The normalized spacial score (nSPS) is 21.3. The van der Waals surface area contributed by atoms with Crippen LogP contribution in [0.1, 0.15) is 5.69 Å². The summed E-state index contributed by atoms with van der Waals surface area (Å²) in [6.07, 6.45) is 0.409. The van der Waals surface area contributed by atoms with E-state index >= 15 is 0 Å². The minimum absolute atomic E-state index is 0.253. The van der Waals surface area contributed by atoms with Crippen LogP contribution in [0.15, 0.2) is 29.6 Å². The van der Waals surface area contributed by atoms with Crippen LogP contribution in [0.25, 0.3) is 0 Å². The predicted octanol–water partition coefficient (Wildman–Crippen LogP) is 0.147. The van der Waals surface area contributed by atoms with E-state index in [2.05, 4.69) is 19.6 Å². The largest absolute Gasteiger partial charge is 0.468 e. The molecule has 0 saturated carbocycles. The fourth-order valence-corrected chi connectivity index (χ4v) is 1.75. The zero-order valence-electron chi connectivity index (χ0n) is 10.4. The molecule has 0 amide bonds. The molecule has 0 spiro atoms. The van der Waals surface area contributed by atoms with Crippen molar-refractivity contribution in [1.82, 2.24) is 4.98 Å². The number of nitrogens with zero attached hydrogens (tertiary/aromatic N) is 2. The average Bonchev–Trinajstić information content (AvgIpc) is 2.91. The summed E-state index contributed by atoms with van der Waals surface area (Å²) in [6.45, 7) is 0. The van der Waals surface area contributed by atoms with Crippen molar-refractivity contribution in [2.45, 2.75) is 6.10 Å². The first-order valence-electron chi connectivity index (χ1n) is 5.49. The van der Waals surface area contributed by atoms with Crippen LogP contribution in [0.3, 0.4) is 0 Å². The smallest absolute Gasteiger partial charge is 0.351 e. The summed E-state index contributed by atoms with van der Waals surface area (Å²) in [6, 6.07) is 5.13. The second-order valence-corrected chi connectivity index (χ2v) is 3.74. The van der Waals surface area contributed by atoms with Gasteiger partial charge in [0.2, 0.25) is 6.10 Å². The Hall–Kier alpha value is -2.44. The standard InChI is InChI=1S/C12H12N2O5/c1-17-11(15)8-9(7-5-3-4-6-13-7)14-19-10(8)12(16)18-2/h3-6,8,10H,1-2H3. The van der Waals surface area contributed by atoms with Crippen LogP contribution in [0.4, 0.5) is 0 Å². The lowest BCUT2D eigenvalue weighted by Crippen LogP contribution is -2.38. The highest BCUT2D eigenvalue weighted by atomic mass is 16.7. The molecule has 2 unspecified atom stereocenters. The maximum absolute atomic E-state index is 11.8. The molecule has 100 valence electrons. The Morgan fingerprint density at radius 2 is 1.95 bits per heavy atom. The number of pyridine rings is 1. The van der Waals surface area contributed by atoms with E-state index in [0.29, 0.717) is 5.69 Å². The number of carbonyl (C=O) groups is 2. The van der Waals surface area contributed by atoms with Crippen molar-refractivity contribution in [2.75, 3.05) is 14.2 Å². The highest BCUT2D eigenvalue weighted by Crippen LogP contribution is 2.24. The fourth-order valence-electron chi connectivity index (χ4n) is 1.75. The lowest BCUT2D eigenvalue weighted by molar-refractivity contribution is -0.161. The molecule has 0 N–H and O–H groups in total. The van der Waals surface area contributed by atoms with E-state index in [4.69, 9.17) is 4.84 Å². The van der Waals surface area contributed by atoms with Crippen molar-refractivity contribution in [2.24, 2.45) is 11.1 Å². The molecule has 19 heavy (non-hydrogen) atoms. The molecule has 1 aromatic heterocycles. The van der Waals surface area contributed by atoms with Gasteiger partial charge in [0.15, 0.2) is 5.92 Å². The first-order chi connectivity index (χ1) is 9.19. The fraction of sp³-hybridized carbons (Fsp3) is 0.333. The molecule has 0 saturated heterocycles. The van der Waals surface area contributed by atoms with Crippen LogP contribution in [-0.4, -0.2) is 43.0 Å². The van der Waals surface area contributed by atoms with Crippen LogP contribution in [-0.2, 0) is 23.9 Å². The number of oxime groups is 1. The Labute approximate surface area is 109 Å². The minimum atomic E-state index is -1.14. The summed E-state index contributed by atoms with van der Waals surface area (Å²) in [5, 5.41) is 3.76. The van der Waals surface area contributed by atoms with Crippen LogP contribution in [0.5, 0.6) is 0 Å². The Morgan fingerprint density at radius 3 is 2.53 bits per heavy atom. The number of esters is 2. The second kappa shape index (κ2) is 5.47. The topological polar surface area (TPSA) is 87.1 Å². The van der Waals surface area contributed by atoms with Gasteiger partial charge in [-0.3, -0.25) is 9.78 Å².